The van der Waals surface area contributed by atoms with Crippen molar-refractivity contribution in [2.75, 3.05) is 5.73 Å². The van der Waals surface area contributed by atoms with Gasteiger partial charge in [-0.05, 0) is 30.2 Å². The Morgan fingerprint density at radius 2 is 2.18 bits per heavy atom. The van der Waals surface area contributed by atoms with Crippen molar-refractivity contribution in [2.45, 2.75) is 13.0 Å². The molecule has 1 aromatic heterocycles. The summed E-state index contributed by atoms with van der Waals surface area (Å²) in [6, 6.07) is 4.34. The van der Waals surface area contributed by atoms with Gasteiger partial charge in [0.05, 0.1) is 12.2 Å². The van der Waals surface area contributed by atoms with E-state index in [2.05, 4.69) is 15.6 Å². The molecule has 1 unspecified atom stereocenters. The van der Waals surface area contributed by atoms with Crippen LogP contribution in [0.25, 0.3) is 0 Å². The molecule has 0 radical (unpaired) electrons. The van der Waals surface area contributed by atoms with Gasteiger partial charge in [-0.3, -0.25) is 10.9 Å². The maximum Gasteiger partial charge on any atom is 0.124 e. The quantitative estimate of drug-likeness (QED) is 0.471. The Hall–Kier alpha value is -1.92. The van der Waals surface area contributed by atoms with E-state index < -0.39 is 0 Å². The molecule has 0 aliphatic carbocycles. The van der Waals surface area contributed by atoms with E-state index in [-0.39, 0.29) is 11.9 Å². The Morgan fingerprint density at radius 1 is 1.41 bits per heavy atom. The van der Waals surface area contributed by atoms with Gasteiger partial charge in [0.2, 0.25) is 0 Å². The molecule has 90 valence electrons. The summed E-state index contributed by atoms with van der Waals surface area (Å²) in [4.78, 5) is 0. The lowest BCUT2D eigenvalue weighted by molar-refractivity contribution is 0.604. The van der Waals surface area contributed by atoms with Gasteiger partial charge in [0, 0.05) is 5.56 Å². The number of anilines is 1. The summed E-state index contributed by atoms with van der Waals surface area (Å²) in [6.07, 6.45) is 1.57. The van der Waals surface area contributed by atoms with Crippen molar-refractivity contribution in [2.24, 2.45) is 5.84 Å². The van der Waals surface area contributed by atoms with E-state index in [4.69, 9.17) is 11.6 Å². The van der Waals surface area contributed by atoms with Crippen molar-refractivity contribution < 1.29 is 4.39 Å². The molecule has 0 fully saturated rings. The van der Waals surface area contributed by atoms with Gasteiger partial charge in [-0.25, -0.2) is 9.82 Å². The fraction of sp³-hybridized carbons (Fsp3) is 0.182. The molecular formula is C11H14FN5. The van der Waals surface area contributed by atoms with Crippen LogP contribution in [0.4, 0.5) is 10.2 Å². The summed E-state index contributed by atoms with van der Waals surface area (Å²) in [5.41, 5.74) is 10.6. The summed E-state index contributed by atoms with van der Waals surface area (Å²) < 4.78 is 13.3. The third-order valence-electron chi connectivity index (χ3n) is 2.58. The van der Waals surface area contributed by atoms with Crippen molar-refractivity contribution in [3.05, 3.63) is 46.9 Å². The van der Waals surface area contributed by atoms with E-state index in [0.29, 0.717) is 16.9 Å². The van der Waals surface area contributed by atoms with Crippen LogP contribution in [0.15, 0.2) is 24.4 Å². The maximum atomic E-state index is 13.3. The highest BCUT2D eigenvalue weighted by atomic mass is 19.1. The first-order valence-electron chi connectivity index (χ1n) is 5.13. The number of halogens is 1. The molecule has 0 aliphatic heterocycles. The van der Waals surface area contributed by atoms with Crippen molar-refractivity contribution in [3.8, 4) is 0 Å². The number of hydrogen-bond donors (Lipinski definition) is 4. The topological polar surface area (TPSA) is 92.7 Å². The van der Waals surface area contributed by atoms with Crippen molar-refractivity contribution in [3.63, 3.8) is 0 Å². The van der Waals surface area contributed by atoms with Crippen LogP contribution in [-0.2, 0) is 0 Å². The average Bonchev–Trinajstić information content (AvgIpc) is 2.65. The lowest BCUT2D eigenvalue weighted by Crippen LogP contribution is -2.29. The largest absolute Gasteiger partial charge is 0.384 e. The minimum atomic E-state index is -0.386. The fourth-order valence-electron chi connectivity index (χ4n) is 1.83. The molecule has 0 spiro atoms. The number of rotatable bonds is 3. The summed E-state index contributed by atoms with van der Waals surface area (Å²) in [5.74, 6) is 5.60. The fourth-order valence-corrected chi connectivity index (χ4v) is 1.83. The number of nitrogen functional groups attached to an aromatic ring is 1. The first kappa shape index (κ1) is 11.6. The molecule has 17 heavy (non-hydrogen) atoms. The van der Waals surface area contributed by atoms with Crippen molar-refractivity contribution >= 4 is 5.82 Å². The monoisotopic (exact) mass is 235 g/mol. The first-order valence-corrected chi connectivity index (χ1v) is 5.13. The summed E-state index contributed by atoms with van der Waals surface area (Å²) in [7, 11) is 0. The number of aryl methyl sites for hydroxylation is 1. The molecule has 1 aromatic carbocycles. The molecule has 2 aromatic rings. The highest BCUT2D eigenvalue weighted by molar-refractivity contribution is 5.44. The highest BCUT2D eigenvalue weighted by Gasteiger charge is 2.17. The predicted octanol–water partition coefficient (Wildman–Crippen LogP) is 0.992. The third kappa shape index (κ3) is 2.27. The maximum absolute atomic E-state index is 13.3. The van der Waals surface area contributed by atoms with Crippen LogP contribution >= 0.6 is 0 Å². The van der Waals surface area contributed by atoms with Gasteiger partial charge in [0.15, 0.2) is 0 Å². The van der Waals surface area contributed by atoms with Gasteiger partial charge >= 0.3 is 0 Å². The first-order chi connectivity index (χ1) is 8.11. The van der Waals surface area contributed by atoms with Gasteiger partial charge in [-0.1, -0.05) is 6.07 Å². The van der Waals surface area contributed by atoms with Crippen LogP contribution in [0.2, 0.25) is 0 Å². The second-order valence-corrected chi connectivity index (χ2v) is 3.90. The van der Waals surface area contributed by atoms with Gasteiger partial charge in [0.1, 0.15) is 11.6 Å². The second kappa shape index (κ2) is 4.52. The minimum Gasteiger partial charge on any atom is -0.384 e. The Bertz CT molecular complexity index is 502. The minimum absolute atomic E-state index is 0.303. The Labute approximate surface area is 98.0 Å². The number of hydrogen-bond acceptors (Lipinski definition) is 4. The van der Waals surface area contributed by atoms with E-state index in [1.54, 1.807) is 6.20 Å². The highest BCUT2D eigenvalue weighted by Crippen LogP contribution is 2.25. The number of hydrazine groups is 1. The number of H-pyrrole nitrogens is 1. The Morgan fingerprint density at radius 3 is 2.71 bits per heavy atom. The zero-order valence-electron chi connectivity index (χ0n) is 9.37. The van der Waals surface area contributed by atoms with E-state index in [9.17, 15) is 4.39 Å². The average molecular weight is 235 g/mol. The molecule has 0 bridgehead atoms. The van der Waals surface area contributed by atoms with Gasteiger partial charge in [0.25, 0.3) is 0 Å². The smallest absolute Gasteiger partial charge is 0.124 e. The van der Waals surface area contributed by atoms with Crippen LogP contribution in [0.5, 0.6) is 0 Å². The molecule has 0 saturated heterocycles. The van der Waals surface area contributed by atoms with E-state index in [0.717, 1.165) is 5.56 Å². The number of nitrogens with two attached hydrogens (primary N) is 2. The molecule has 0 saturated carbocycles. The SMILES string of the molecule is Cc1cc(F)cc(C(NN)c2cn[nH]c2N)c1. The molecular weight excluding hydrogens is 221 g/mol. The molecule has 0 amide bonds. The van der Waals surface area contributed by atoms with Gasteiger partial charge in [-0.15, -0.1) is 0 Å². The summed E-state index contributed by atoms with van der Waals surface area (Å²) >= 11 is 0. The molecule has 1 atom stereocenters. The number of aromatic nitrogens is 2. The summed E-state index contributed by atoms with van der Waals surface area (Å²) in [6.45, 7) is 1.82. The molecule has 2 rings (SSSR count). The van der Waals surface area contributed by atoms with E-state index in [1.165, 1.54) is 12.1 Å². The zero-order valence-corrected chi connectivity index (χ0v) is 9.37. The standard InChI is InChI=1S/C11H14FN5/c1-6-2-7(4-8(12)3-6)10(16-14)9-5-15-17-11(9)13/h2-5,10,16H,14H2,1H3,(H3,13,15,17). The van der Waals surface area contributed by atoms with Gasteiger partial charge < -0.3 is 5.73 Å². The predicted molar refractivity (Wildman–Crippen MR) is 63.3 cm³/mol. The molecule has 0 aliphatic rings. The summed E-state index contributed by atoms with van der Waals surface area (Å²) in [5, 5.41) is 6.44. The number of benzene rings is 1. The number of nitrogens with one attached hydrogen (secondary N) is 2. The normalized spacial score (nSPS) is 12.6. The van der Waals surface area contributed by atoms with Crippen LogP contribution in [0, 0.1) is 12.7 Å². The second-order valence-electron chi connectivity index (χ2n) is 3.90. The lowest BCUT2D eigenvalue weighted by atomic mass is 9.99. The zero-order chi connectivity index (χ0) is 12.4. The molecule has 6 heteroatoms. The molecule has 5 nitrogen and oxygen atoms in total. The van der Waals surface area contributed by atoms with Crippen LogP contribution in [0.1, 0.15) is 22.7 Å². The van der Waals surface area contributed by atoms with Crippen LogP contribution in [-0.4, -0.2) is 10.2 Å². The van der Waals surface area contributed by atoms with Crippen LogP contribution < -0.4 is 17.0 Å². The molecule has 1 heterocycles. The lowest BCUT2D eigenvalue weighted by Gasteiger charge is -2.16. The molecule has 6 N–H and O–H groups in total. The van der Waals surface area contributed by atoms with Gasteiger partial charge in [-0.2, -0.15) is 5.10 Å². The Balaban J connectivity index is 2.45. The van der Waals surface area contributed by atoms with E-state index >= 15 is 0 Å². The Kier molecular flexibility index (Phi) is 3.08. The van der Waals surface area contributed by atoms with Crippen molar-refractivity contribution in [1.82, 2.24) is 15.6 Å². The number of nitrogens with zero attached hydrogens (tertiary/aromatic N) is 1. The number of aromatic amines is 1. The van der Waals surface area contributed by atoms with Crippen molar-refractivity contribution in [1.29, 1.82) is 0 Å². The third-order valence-corrected chi connectivity index (χ3v) is 2.58. The van der Waals surface area contributed by atoms with Crippen LogP contribution in [0.3, 0.4) is 0 Å². The van der Waals surface area contributed by atoms with E-state index in [1.807, 2.05) is 13.0 Å².